The predicted octanol–water partition coefficient (Wildman–Crippen LogP) is 3.30. The molecule has 0 unspecified atom stereocenters. The van der Waals surface area contributed by atoms with Crippen LogP contribution in [0.25, 0.3) is 10.9 Å². The highest BCUT2D eigenvalue weighted by Crippen LogP contribution is 2.27. The monoisotopic (exact) mass is 347 g/mol. The number of aryl methyl sites for hydroxylation is 2. The number of rotatable bonds is 4. The van der Waals surface area contributed by atoms with E-state index in [1.54, 1.807) is 10.7 Å². The summed E-state index contributed by atoms with van der Waals surface area (Å²) in [6.07, 6.45) is 6.13. The van der Waals surface area contributed by atoms with Crippen LogP contribution in [0.15, 0.2) is 53.5 Å². The fourth-order valence-corrected chi connectivity index (χ4v) is 3.66. The molecule has 4 rings (SSSR count). The van der Waals surface area contributed by atoms with Gasteiger partial charge in [0.1, 0.15) is 0 Å². The van der Waals surface area contributed by atoms with Gasteiger partial charge in [0.15, 0.2) is 0 Å². The minimum atomic E-state index is -0.0998. The highest BCUT2D eigenvalue weighted by atomic mass is 16.1. The number of carbonyl (C=O) groups is 1. The molecule has 0 saturated carbocycles. The standard InChI is InChI=1S/C21H21N3O2/c25-20-14-22-24(19-11-4-3-9-17(19)20)13-12-21(26)23-18-10-5-7-15-6-1-2-8-16(15)18/h3-5,7,9-11,14H,1-2,6,8,12-13H2,(H,23,26). The first kappa shape index (κ1) is 16.5. The van der Waals surface area contributed by atoms with Gasteiger partial charge >= 0.3 is 0 Å². The molecule has 0 aliphatic heterocycles. The Balaban J connectivity index is 1.49. The molecule has 0 spiro atoms. The number of nitrogens with one attached hydrogen (secondary N) is 1. The molecule has 5 heteroatoms. The van der Waals surface area contributed by atoms with E-state index < -0.39 is 0 Å². The molecule has 0 radical (unpaired) electrons. The van der Waals surface area contributed by atoms with Gasteiger partial charge in [0, 0.05) is 17.5 Å². The van der Waals surface area contributed by atoms with Crippen LogP contribution in [0.4, 0.5) is 5.69 Å². The summed E-state index contributed by atoms with van der Waals surface area (Å²) < 4.78 is 1.72. The molecule has 0 bridgehead atoms. The summed E-state index contributed by atoms with van der Waals surface area (Å²) in [6, 6.07) is 13.5. The number of amides is 1. The molecule has 1 aliphatic rings. The molecule has 5 nitrogen and oxygen atoms in total. The van der Waals surface area contributed by atoms with Gasteiger partial charge in [-0.1, -0.05) is 24.3 Å². The lowest BCUT2D eigenvalue weighted by Gasteiger charge is -2.19. The van der Waals surface area contributed by atoms with Crippen molar-refractivity contribution in [3.05, 3.63) is 70.0 Å². The first-order valence-corrected chi connectivity index (χ1v) is 9.08. The molecular weight excluding hydrogens is 326 g/mol. The van der Waals surface area contributed by atoms with Crippen molar-refractivity contribution in [2.24, 2.45) is 0 Å². The molecule has 1 N–H and O–H groups in total. The second-order valence-electron chi connectivity index (χ2n) is 6.70. The van der Waals surface area contributed by atoms with E-state index in [0.717, 1.165) is 24.0 Å². The Morgan fingerprint density at radius 1 is 1.08 bits per heavy atom. The van der Waals surface area contributed by atoms with Crippen LogP contribution in [-0.4, -0.2) is 15.7 Å². The van der Waals surface area contributed by atoms with E-state index in [9.17, 15) is 9.59 Å². The van der Waals surface area contributed by atoms with E-state index in [1.807, 2.05) is 30.3 Å². The molecule has 26 heavy (non-hydrogen) atoms. The molecule has 3 aromatic rings. The van der Waals surface area contributed by atoms with E-state index in [4.69, 9.17) is 0 Å². The summed E-state index contributed by atoms with van der Waals surface area (Å²) in [6.45, 7) is 0.432. The third-order valence-corrected chi connectivity index (χ3v) is 4.98. The summed E-state index contributed by atoms with van der Waals surface area (Å²) in [4.78, 5) is 24.4. The number of fused-ring (bicyclic) bond motifs is 2. The van der Waals surface area contributed by atoms with Crippen LogP contribution >= 0.6 is 0 Å². The quantitative estimate of drug-likeness (QED) is 0.787. The zero-order valence-corrected chi connectivity index (χ0v) is 14.6. The normalized spacial score (nSPS) is 13.4. The van der Waals surface area contributed by atoms with Crippen molar-refractivity contribution in [2.75, 3.05) is 5.32 Å². The van der Waals surface area contributed by atoms with Gasteiger partial charge in [-0.05, 0) is 55.0 Å². The number of para-hydroxylation sites is 1. The second-order valence-corrected chi connectivity index (χ2v) is 6.70. The lowest BCUT2D eigenvalue weighted by Crippen LogP contribution is -2.19. The Bertz CT molecular complexity index is 1020. The van der Waals surface area contributed by atoms with Gasteiger partial charge in [-0.2, -0.15) is 5.10 Å². The molecule has 1 heterocycles. The van der Waals surface area contributed by atoms with E-state index in [0.29, 0.717) is 18.4 Å². The van der Waals surface area contributed by atoms with E-state index in [-0.39, 0.29) is 11.3 Å². The number of anilines is 1. The lowest BCUT2D eigenvalue weighted by atomic mass is 9.90. The summed E-state index contributed by atoms with van der Waals surface area (Å²) in [5, 5.41) is 7.86. The number of hydrogen-bond donors (Lipinski definition) is 1. The van der Waals surface area contributed by atoms with Crippen molar-refractivity contribution >= 4 is 22.5 Å². The Morgan fingerprint density at radius 3 is 2.85 bits per heavy atom. The highest BCUT2D eigenvalue weighted by molar-refractivity contribution is 5.91. The molecule has 0 saturated heterocycles. The van der Waals surface area contributed by atoms with Gasteiger partial charge in [0.05, 0.1) is 18.3 Å². The Labute approximate surface area is 151 Å². The third kappa shape index (κ3) is 3.25. The van der Waals surface area contributed by atoms with Crippen LogP contribution in [0.1, 0.15) is 30.4 Å². The predicted molar refractivity (Wildman–Crippen MR) is 102 cm³/mol. The summed E-state index contributed by atoms with van der Waals surface area (Å²) in [5.74, 6) is -0.0337. The highest BCUT2D eigenvalue weighted by Gasteiger charge is 2.14. The number of benzene rings is 2. The van der Waals surface area contributed by atoms with Crippen LogP contribution in [0.5, 0.6) is 0 Å². The summed E-state index contributed by atoms with van der Waals surface area (Å²) in [5.41, 5.74) is 4.22. The fourth-order valence-electron chi connectivity index (χ4n) is 3.66. The summed E-state index contributed by atoms with van der Waals surface area (Å²) in [7, 11) is 0. The van der Waals surface area contributed by atoms with Crippen molar-refractivity contribution in [3.63, 3.8) is 0 Å². The summed E-state index contributed by atoms with van der Waals surface area (Å²) >= 11 is 0. The Morgan fingerprint density at radius 2 is 1.92 bits per heavy atom. The Hall–Kier alpha value is -2.95. The van der Waals surface area contributed by atoms with Crippen LogP contribution in [-0.2, 0) is 24.2 Å². The van der Waals surface area contributed by atoms with Crippen molar-refractivity contribution in [2.45, 2.75) is 38.6 Å². The van der Waals surface area contributed by atoms with Crippen molar-refractivity contribution < 1.29 is 4.79 Å². The van der Waals surface area contributed by atoms with Crippen molar-refractivity contribution in [1.29, 1.82) is 0 Å². The van der Waals surface area contributed by atoms with Crippen LogP contribution in [0.3, 0.4) is 0 Å². The van der Waals surface area contributed by atoms with Gasteiger partial charge in [-0.15, -0.1) is 0 Å². The van der Waals surface area contributed by atoms with Crippen LogP contribution < -0.4 is 10.7 Å². The first-order chi connectivity index (χ1) is 12.7. The SMILES string of the molecule is O=C(CCn1ncc(=O)c2ccccc21)Nc1cccc2c1CCCC2. The second kappa shape index (κ2) is 7.12. The lowest BCUT2D eigenvalue weighted by molar-refractivity contribution is -0.116. The van der Waals surface area contributed by atoms with Crippen molar-refractivity contribution in [1.82, 2.24) is 9.78 Å². The average molecular weight is 347 g/mol. The first-order valence-electron chi connectivity index (χ1n) is 9.08. The molecule has 0 atom stereocenters. The van der Waals surface area contributed by atoms with Gasteiger partial charge in [0.25, 0.3) is 0 Å². The molecular formula is C21H21N3O2. The molecule has 1 aromatic heterocycles. The molecule has 1 aliphatic carbocycles. The largest absolute Gasteiger partial charge is 0.326 e. The number of nitrogens with zero attached hydrogens (tertiary/aromatic N) is 2. The number of carbonyl (C=O) groups excluding carboxylic acids is 1. The number of aromatic nitrogens is 2. The van der Waals surface area contributed by atoms with E-state index in [2.05, 4.69) is 16.5 Å². The maximum Gasteiger partial charge on any atom is 0.226 e. The molecule has 2 aromatic carbocycles. The molecule has 0 fully saturated rings. The maximum atomic E-state index is 12.5. The molecule has 132 valence electrons. The van der Waals surface area contributed by atoms with Crippen LogP contribution in [0, 0.1) is 0 Å². The van der Waals surface area contributed by atoms with Crippen molar-refractivity contribution in [3.8, 4) is 0 Å². The molecule has 1 amide bonds. The average Bonchev–Trinajstić information content (AvgIpc) is 2.68. The van der Waals surface area contributed by atoms with Gasteiger partial charge in [-0.25, -0.2) is 0 Å². The zero-order valence-electron chi connectivity index (χ0n) is 14.6. The van der Waals surface area contributed by atoms with E-state index in [1.165, 1.54) is 30.2 Å². The third-order valence-electron chi connectivity index (χ3n) is 4.98. The Kier molecular flexibility index (Phi) is 4.52. The minimum absolute atomic E-state index is 0.0337. The van der Waals surface area contributed by atoms with Gasteiger partial charge in [0.2, 0.25) is 11.3 Å². The van der Waals surface area contributed by atoms with Gasteiger partial charge < -0.3 is 5.32 Å². The fraction of sp³-hybridized carbons (Fsp3) is 0.286. The minimum Gasteiger partial charge on any atom is -0.326 e. The smallest absolute Gasteiger partial charge is 0.226 e. The van der Waals surface area contributed by atoms with Gasteiger partial charge in [-0.3, -0.25) is 14.3 Å². The topological polar surface area (TPSA) is 64.0 Å². The van der Waals surface area contributed by atoms with E-state index >= 15 is 0 Å². The number of hydrogen-bond acceptors (Lipinski definition) is 3. The van der Waals surface area contributed by atoms with Crippen LogP contribution in [0.2, 0.25) is 0 Å². The maximum absolute atomic E-state index is 12.5. The zero-order chi connectivity index (χ0) is 17.9.